The fraction of sp³-hybridized carbons (Fsp3) is 0.625. The van der Waals surface area contributed by atoms with E-state index in [1.165, 1.54) is 19.3 Å². The predicted octanol–water partition coefficient (Wildman–Crippen LogP) is 2.47. The molecule has 1 aromatic rings. The largest absolute Gasteiger partial charge is 0.393 e. The zero-order valence-corrected chi connectivity index (χ0v) is 12.1. The summed E-state index contributed by atoms with van der Waals surface area (Å²) in [6, 6.07) is 6.44. The smallest absolute Gasteiger partial charge is 0.144 e. The second-order valence-electron chi connectivity index (χ2n) is 5.68. The summed E-state index contributed by atoms with van der Waals surface area (Å²) in [6.07, 6.45) is 7.01. The van der Waals surface area contributed by atoms with Crippen molar-refractivity contribution < 1.29 is 5.11 Å². The summed E-state index contributed by atoms with van der Waals surface area (Å²) in [7, 11) is 0. The van der Waals surface area contributed by atoms with Gasteiger partial charge in [0, 0.05) is 24.3 Å². The van der Waals surface area contributed by atoms with Crippen LogP contribution in [0.5, 0.6) is 0 Å². The van der Waals surface area contributed by atoms with Crippen LogP contribution in [0.4, 0.5) is 0 Å². The number of hydrogen-bond acceptors (Lipinski definition) is 4. The van der Waals surface area contributed by atoms with Gasteiger partial charge in [-0.25, -0.2) is 4.98 Å². The second kappa shape index (κ2) is 7.37. The molecule has 1 fully saturated rings. The number of nitriles is 1. The molecule has 108 valence electrons. The molecule has 1 N–H and O–H groups in total. The third-order valence-corrected chi connectivity index (χ3v) is 3.98. The lowest BCUT2D eigenvalue weighted by Crippen LogP contribution is -2.36. The fourth-order valence-corrected chi connectivity index (χ4v) is 2.99. The van der Waals surface area contributed by atoms with E-state index in [1.54, 1.807) is 6.20 Å². The van der Waals surface area contributed by atoms with Gasteiger partial charge in [-0.1, -0.05) is 18.9 Å². The second-order valence-corrected chi connectivity index (χ2v) is 5.68. The van der Waals surface area contributed by atoms with Gasteiger partial charge in [0.05, 0.1) is 6.10 Å². The van der Waals surface area contributed by atoms with Gasteiger partial charge >= 0.3 is 0 Å². The molecule has 0 saturated carbocycles. The summed E-state index contributed by atoms with van der Waals surface area (Å²) in [5, 5.41) is 18.8. The molecule has 2 atom stereocenters. The van der Waals surface area contributed by atoms with E-state index in [-0.39, 0.29) is 6.10 Å². The highest BCUT2D eigenvalue weighted by Crippen LogP contribution is 2.23. The molecule has 0 amide bonds. The first-order valence-electron chi connectivity index (χ1n) is 7.47. The minimum absolute atomic E-state index is 0.273. The Hall–Kier alpha value is -1.44. The van der Waals surface area contributed by atoms with Crippen molar-refractivity contribution in [2.24, 2.45) is 0 Å². The van der Waals surface area contributed by atoms with Crippen molar-refractivity contribution in [3.05, 3.63) is 29.6 Å². The molecule has 0 bridgehead atoms. The lowest BCUT2D eigenvalue weighted by Gasteiger charge is -2.31. The average molecular weight is 273 g/mol. The van der Waals surface area contributed by atoms with Gasteiger partial charge in [0.25, 0.3) is 0 Å². The molecule has 4 nitrogen and oxygen atoms in total. The first-order chi connectivity index (χ1) is 9.70. The van der Waals surface area contributed by atoms with Crippen LogP contribution in [0.2, 0.25) is 0 Å². The van der Waals surface area contributed by atoms with Crippen molar-refractivity contribution in [1.29, 1.82) is 5.26 Å². The summed E-state index contributed by atoms with van der Waals surface area (Å²) in [5.41, 5.74) is 1.51. The normalized spacial score (nSPS) is 21.9. The summed E-state index contributed by atoms with van der Waals surface area (Å²) in [4.78, 5) is 6.55. The van der Waals surface area contributed by atoms with Crippen LogP contribution in [-0.2, 0) is 6.54 Å². The highest BCUT2D eigenvalue weighted by molar-refractivity contribution is 5.30. The summed E-state index contributed by atoms with van der Waals surface area (Å²) in [6.45, 7) is 3.65. The van der Waals surface area contributed by atoms with Crippen LogP contribution >= 0.6 is 0 Å². The van der Waals surface area contributed by atoms with Crippen molar-refractivity contribution in [1.82, 2.24) is 9.88 Å². The number of aliphatic hydroxyl groups excluding tert-OH is 1. The summed E-state index contributed by atoms with van der Waals surface area (Å²) < 4.78 is 0. The van der Waals surface area contributed by atoms with Crippen molar-refractivity contribution >= 4 is 0 Å². The third-order valence-electron chi connectivity index (χ3n) is 3.98. The van der Waals surface area contributed by atoms with Crippen molar-refractivity contribution in [2.75, 3.05) is 6.54 Å². The van der Waals surface area contributed by atoms with Crippen molar-refractivity contribution in [3.8, 4) is 6.07 Å². The van der Waals surface area contributed by atoms with Gasteiger partial charge in [-0.15, -0.1) is 0 Å². The molecule has 2 heterocycles. The Bertz CT molecular complexity index is 467. The number of rotatable bonds is 4. The van der Waals surface area contributed by atoms with Gasteiger partial charge in [-0.2, -0.15) is 5.26 Å². The maximum Gasteiger partial charge on any atom is 0.144 e. The SMILES string of the molecule is CC(O)CC1CCCCCN1Cc1cccnc1C#N. The third kappa shape index (κ3) is 4.03. The summed E-state index contributed by atoms with van der Waals surface area (Å²) >= 11 is 0. The Labute approximate surface area is 121 Å². The van der Waals surface area contributed by atoms with E-state index in [0.29, 0.717) is 11.7 Å². The Kier molecular flexibility index (Phi) is 5.51. The molecule has 0 aliphatic carbocycles. The minimum atomic E-state index is -0.273. The molecule has 4 heteroatoms. The Morgan fingerprint density at radius 3 is 3.10 bits per heavy atom. The molecule has 1 saturated heterocycles. The van der Waals surface area contributed by atoms with Gasteiger partial charge in [-0.05, 0) is 38.8 Å². The number of pyridine rings is 1. The minimum Gasteiger partial charge on any atom is -0.393 e. The zero-order chi connectivity index (χ0) is 14.4. The van der Waals surface area contributed by atoms with E-state index >= 15 is 0 Å². The molecule has 1 aliphatic heterocycles. The van der Waals surface area contributed by atoms with Crippen LogP contribution < -0.4 is 0 Å². The number of aliphatic hydroxyl groups is 1. The monoisotopic (exact) mass is 273 g/mol. The Morgan fingerprint density at radius 1 is 1.50 bits per heavy atom. The number of likely N-dealkylation sites (tertiary alicyclic amines) is 1. The lowest BCUT2D eigenvalue weighted by atomic mass is 10.0. The highest BCUT2D eigenvalue weighted by atomic mass is 16.3. The molecule has 0 spiro atoms. The van der Waals surface area contributed by atoms with Crippen LogP contribution in [-0.4, -0.2) is 33.7 Å². The first kappa shape index (κ1) is 15.0. The lowest BCUT2D eigenvalue weighted by molar-refractivity contribution is 0.108. The van der Waals surface area contributed by atoms with Crippen LogP contribution in [0.15, 0.2) is 18.3 Å². The van der Waals surface area contributed by atoms with E-state index < -0.39 is 0 Å². The van der Waals surface area contributed by atoms with Gasteiger partial charge in [-0.3, -0.25) is 4.90 Å². The first-order valence-corrected chi connectivity index (χ1v) is 7.47. The van der Waals surface area contributed by atoms with E-state index in [4.69, 9.17) is 5.26 Å². The quantitative estimate of drug-likeness (QED) is 0.915. The topological polar surface area (TPSA) is 60.1 Å². The van der Waals surface area contributed by atoms with Crippen LogP contribution in [0.3, 0.4) is 0 Å². The molecule has 20 heavy (non-hydrogen) atoms. The van der Waals surface area contributed by atoms with Gasteiger partial charge < -0.3 is 5.11 Å². The van der Waals surface area contributed by atoms with Crippen LogP contribution in [0.25, 0.3) is 0 Å². The van der Waals surface area contributed by atoms with E-state index in [9.17, 15) is 5.11 Å². The predicted molar refractivity (Wildman–Crippen MR) is 77.9 cm³/mol. The van der Waals surface area contributed by atoms with Gasteiger partial charge in [0.15, 0.2) is 0 Å². The molecular formula is C16H23N3O. The van der Waals surface area contributed by atoms with Gasteiger partial charge in [0.1, 0.15) is 11.8 Å². The molecule has 0 radical (unpaired) electrons. The van der Waals surface area contributed by atoms with E-state index in [1.807, 2.05) is 19.1 Å². The molecular weight excluding hydrogens is 250 g/mol. The number of aromatic nitrogens is 1. The average Bonchev–Trinajstić information content (AvgIpc) is 2.65. The Balaban J connectivity index is 2.12. The standard InChI is InChI=1S/C16H23N3O/c1-13(20)10-15-7-3-2-4-9-19(15)12-14-6-5-8-18-16(14)11-17/h5-6,8,13,15,20H,2-4,7,9-10,12H2,1H3. The molecule has 2 rings (SSSR count). The van der Waals surface area contributed by atoms with Gasteiger partial charge in [0.2, 0.25) is 0 Å². The Morgan fingerprint density at radius 2 is 2.35 bits per heavy atom. The maximum absolute atomic E-state index is 9.69. The van der Waals surface area contributed by atoms with Crippen molar-refractivity contribution in [2.45, 2.75) is 57.7 Å². The summed E-state index contributed by atoms with van der Waals surface area (Å²) in [5.74, 6) is 0. The highest BCUT2D eigenvalue weighted by Gasteiger charge is 2.23. The maximum atomic E-state index is 9.69. The number of nitrogens with zero attached hydrogens (tertiary/aromatic N) is 3. The molecule has 0 aromatic carbocycles. The van der Waals surface area contributed by atoms with Crippen LogP contribution in [0, 0.1) is 11.3 Å². The zero-order valence-electron chi connectivity index (χ0n) is 12.1. The van der Waals surface area contributed by atoms with E-state index in [0.717, 1.165) is 31.5 Å². The van der Waals surface area contributed by atoms with Crippen molar-refractivity contribution in [3.63, 3.8) is 0 Å². The molecule has 1 aliphatic rings. The van der Waals surface area contributed by atoms with E-state index in [2.05, 4.69) is 16.0 Å². The fourth-order valence-electron chi connectivity index (χ4n) is 2.99. The molecule has 1 aromatic heterocycles. The number of hydrogen-bond donors (Lipinski definition) is 1. The molecule has 2 unspecified atom stereocenters. The van der Waals surface area contributed by atoms with Crippen LogP contribution in [0.1, 0.15) is 50.3 Å².